The van der Waals surface area contributed by atoms with Crippen molar-refractivity contribution in [2.75, 3.05) is 6.54 Å². The average Bonchev–Trinajstić information content (AvgIpc) is 2.97. The molecule has 0 aromatic heterocycles. The van der Waals surface area contributed by atoms with Crippen molar-refractivity contribution in [2.24, 2.45) is 10.8 Å². The van der Waals surface area contributed by atoms with E-state index in [0.29, 0.717) is 6.54 Å². The zero-order chi connectivity index (χ0) is 28.3. The summed E-state index contributed by atoms with van der Waals surface area (Å²) in [5.74, 6) is 0. The van der Waals surface area contributed by atoms with Crippen molar-refractivity contribution in [2.45, 2.75) is 46.1 Å². The Labute approximate surface area is 239 Å². The maximum Gasteiger partial charge on any atom is 0.204 e. The predicted molar refractivity (Wildman–Crippen MR) is 170 cm³/mol. The highest BCUT2D eigenvalue weighted by atomic mass is 31.2. The van der Waals surface area contributed by atoms with Crippen LogP contribution in [0.25, 0.3) is 0 Å². The van der Waals surface area contributed by atoms with Gasteiger partial charge in [-0.25, -0.2) is 0 Å². The second-order valence-electron chi connectivity index (χ2n) is 12.3. The molecule has 1 saturated carbocycles. The van der Waals surface area contributed by atoms with Gasteiger partial charge in [0.05, 0.1) is 0 Å². The summed E-state index contributed by atoms with van der Waals surface area (Å²) in [6.07, 6.45) is 2.73. The molecule has 4 nitrogen and oxygen atoms in total. The molecular weight excluding hydrogens is 530 g/mol. The van der Waals surface area contributed by atoms with E-state index in [9.17, 15) is 9.13 Å². The molecule has 0 spiro atoms. The normalized spacial score (nSPS) is 21.1. The van der Waals surface area contributed by atoms with Crippen LogP contribution in [0.2, 0.25) is 0 Å². The minimum absolute atomic E-state index is 0.0219. The summed E-state index contributed by atoms with van der Waals surface area (Å²) < 4.78 is 29.5. The smallest absolute Gasteiger partial charge is 0.204 e. The molecule has 2 atom stereocenters. The lowest BCUT2D eigenvalue weighted by atomic mass is 9.63. The van der Waals surface area contributed by atoms with Gasteiger partial charge in [-0.2, -0.15) is 0 Å². The summed E-state index contributed by atoms with van der Waals surface area (Å²) in [4.78, 5) is 0. The van der Waals surface area contributed by atoms with Gasteiger partial charge < -0.3 is 0 Å². The summed E-state index contributed by atoms with van der Waals surface area (Å²) in [5.41, 5.74) is -0.134. The van der Waals surface area contributed by atoms with Crippen molar-refractivity contribution >= 4 is 35.8 Å². The fourth-order valence-electron chi connectivity index (χ4n) is 6.60. The third kappa shape index (κ3) is 6.27. The van der Waals surface area contributed by atoms with Gasteiger partial charge in [0.2, 0.25) is 14.6 Å². The topological polar surface area (TPSA) is 58.2 Å². The molecule has 0 aliphatic heterocycles. The lowest BCUT2D eigenvalue weighted by Crippen LogP contribution is -2.49. The van der Waals surface area contributed by atoms with Crippen LogP contribution in [-0.4, -0.2) is 12.6 Å². The molecule has 40 heavy (non-hydrogen) atoms. The Hall–Kier alpha value is -2.74. The Kier molecular flexibility index (Phi) is 8.37. The molecule has 6 heteroatoms. The van der Waals surface area contributed by atoms with Crippen molar-refractivity contribution in [3.8, 4) is 0 Å². The number of hydrogen-bond acceptors (Lipinski definition) is 2. The molecule has 1 aliphatic carbocycles. The van der Waals surface area contributed by atoms with Gasteiger partial charge in [-0.3, -0.25) is 19.3 Å². The first-order chi connectivity index (χ1) is 19.1. The van der Waals surface area contributed by atoms with E-state index < -0.39 is 14.6 Å². The monoisotopic (exact) mass is 570 g/mol. The third-order valence-corrected chi connectivity index (χ3v) is 13.4. The fraction of sp³-hybridized carbons (Fsp3) is 0.294. The number of nitrogens with one attached hydrogen (secondary N) is 2. The molecule has 208 valence electrons. The molecule has 4 aromatic carbocycles. The first-order valence-electron chi connectivity index (χ1n) is 14.1. The van der Waals surface area contributed by atoms with Gasteiger partial charge in [-0.15, -0.1) is 0 Å². The van der Waals surface area contributed by atoms with Crippen LogP contribution in [0.3, 0.4) is 0 Å². The molecule has 0 amide bonds. The van der Waals surface area contributed by atoms with Crippen LogP contribution in [0.15, 0.2) is 121 Å². The van der Waals surface area contributed by atoms with Crippen molar-refractivity contribution in [1.82, 2.24) is 10.2 Å². The molecule has 1 aliphatic rings. The van der Waals surface area contributed by atoms with Crippen molar-refractivity contribution in [3.63, 3.8) is 0 Å². The van der Waals surface area contributed by atoms with E-state index in [-0.39, 0.29) is 16.9 Å². The van der Waals surface area contributed by atoms with E-state index in [1.54, 1.807) is 0 Å². The molecule has 5 rings (SSSR count). The highest BCUT2D eigenvalue weighted by Crippen LogP contribution is 2.50. The van der Waals surface area contributed by atoms with Gasteiger partial charge >= 0.3 is 0 Å². The van der Waals surface area contributed by atoms with E-state index in [2.05, 4.69) is 30.9 Å². The molecule has 2 unspecified atom stereocenters. The molecule has 0 heterocycles. The Balaban J connectivity index is 1.44. The van der Waals surface area contributed by atoms with Gasteiger partial charge in [0.15, 0.2) is 0 Å². The maximum atomic E-state index is 14.8. The van der Waals surface area contributed by atoms with Crippen LogP contribution < -0.4 is 31.4 Å². The van der Waals surface area contributed by atoms with E-state index in [1.807, 2.05) is 121 Å². The third-order valence-electron chi connectivity index (χ3n) is 8.02. The van der Waals surface area contributed by atoms with E-state index >= 15 is 0 Å². The molecule has 4 aromatic rings. The molecule has 1 fully saturated rings. The lowest BCUT2D eigenvalue weighted by Gasteiger charge is -2.48. The first-order valence-corrected chi connectivity index (χ1v) is 17.5. The van der Waals surface area contributed by atoms with Crippen molar-refractivity contribution in [3.05, 3.63) is 121 Å². The molecule has 0 bridgehead atoms. The fourth-order valence-corrected chi connectivity index (χ4v) is 11.5. The highest BCUT2D eigenvalue weighted by molar-refractivity contribution is 7.77. The van der Waals surface area contributed by atoms with E-state index in [0.717, 1.165) is 40.5 Å². The minimum atomic E-state index is -3.08. The van der Waals surface area contributed by atoms with Crippen molar-refractivity contribution in [1.29, 1.82) is 0 Å². The van der Waals surface area contributed by atoms with Crippen LogP contribution in [-0.2, 0) is 9.13 Å². The summed E-state index contributed by atoms with van der Waals surface area (Å²) in [7, 11) is -6.13. The lowest BCUT2D eigenvalue weighted by molar-refractivity contribution is 0.0821. The van der Waals surface area contributed by atoms with Crippen molar-refractivity contribution < 1.29 is 9.13 Å². The van der Waals surface area contributed by atoms with E-state index in [1.165, 1.54) is 0 Å². The van der Waals surface area contributed by atoms with Crippen LogP contribution in [0, 0.1) is 10.8 Å². The SMILES string of the molecule is CC1(C)CC(NP(=O)(c2ccccc2)c2ccccc2)CC(C)(CNP(=O)(c2ccccc2)c2ccccc2)C1. The van der Waals surface area contributed by atoms with Crippen LogP contribution in [0.1, 0.15) is 40.0 Å². The van der Waals surface area contributed by atoms with Gasteiger partial charge in [-0.05, 0) is 78.6 Å². The van der Waals surface area contributed by atoms with Gasteiger partial charge in [0, 0.05) is 33.8 Å². The Morgan fingerprint density at radius 3 is 1.38 bits per heavy atom. The molecular formula is C34H40N2O2P2. The second kappa shape index (κ2) is 11.6. The number of hydrogen-bond donors (Lipinski definition) is 2. The molecule has 0 radical (unpaired) electrons. The molecule has 0 saturated heterocycles. The van der Waals surface area contributed by atoms with Gasteiger partial charge in [0.25, 0.3) is 0 Å². The summed E-state index contributed by atoms with van der Waals surface area (Å²) in [6, 6.07) is 39.1. The maximum absolute atomic E-state index is 14.8. The van der Waals surface area contributed by atoms with Gasteiger partial charge in [-0.1, -0.05) is 93.6 Å². The second-order valence-corrected chi connectivity index (χ2v) is 17.4. The zero-order valence-electron chi connectivity index (χ0n) is 23.7. The Bertz CT molecular complexity index is 1410. The zero-order valence-corrected chi connectivity index (χ0v) is 25.5. The standard InChI is InChI=1S/C34H40N2O2P2/c1-33(2)24-28(36-40(38,31-20-12-6-13-21-31)32-22-14-7-15-23-32)25-34(3,26-33)27-35-39(37,29-16-8-4-9-17-29)30-18-10-5-11-19-30/h4-23,28H,24-27H2,1-3H3,(H,35,37)(H,36,38). The summed E-state index contributed by atoms with van der Waals surface area (Å²) in [6.45, 7) is 7.47. The quantitative estimate of drug-likeness (QED) is 0.223. The highest BCUT2D eigenvalue weighted by Gasteiger charge is 2.44. The summed E-state index contributed by atoms with van der Waals surface area (Å²) in [5, 5.41) is 10.5. The summed E-state index contributed by atoms with van der Waals surface area (Å²) >= 11 is 0. The Morgan fingerprint density at radius 1 is 0.600 bits per heavy atom. The largest absolute Gasteiger partial charge is 0.297 e. The van der Waals surface area contributed by atoms with Crippen LogP contribution in [0.4, 0.5) is 0 Å². The van der Waals surface area contributed by atoms with Crippen LogP contribution >= 0.6 is 14.6 Å². The van der Waals surface area contributed by atoms with Crippen LogP contribution in [0.5, 0.6) is 0 Å². The first kappa shape index (κ1) is 28.8. The van der Waals surface area contributed by atoms with Gasteiger partial charge in [0.1, 0.15) is 0 Å². The average molecular weight is 571 g/mol. The number of benzene rings is 4. The Morgan fingerprint density at radius 2 is 0.975 bits per heavy atom. The molecule has 2 N–H and O–H groups in total. The number of rotatable bonds is 9. The van der Waals surface area contributed by atoms with E-state index in [4.69, 9.17) is 0 Å². The minimum Gasteiger partial charge on any atom is -0.297 e. The predicted octanol–water partition coefficient (Wildman–Crippen LogP) is 6.61.